The Kier molecular flexibility index (Phi) is 6.23. The molecule has 1 aliphatic rings. The fourth-order valence-electron chi connectivity index (χ4n) is 2.30. The van der Waals surface area contributed by atoms with Gasteiger partial charge in [0, 0.05) is 26.7 Å². The predicted molar refractivity (Wildman–Crippen MR) is 99.8 cm³/mol. The molecule has 0 atom stereocenters. The van der Waals surface area contributed by atoms with Crippen molar-refractivity contribution in [3.05, 3.63) is 24.3 Å². The second-order valence-corrected chi connectivity index (χ2v) is 7.28. The zero-order valence-electron chi connectivity index (χ0n) is 16.2. The van der Waals surface area contributed by atoms with Crippen molar-refractivity contribution in [2.24, 2.45) is 12.0 Å². The molecule has 0 radical (unpaired) electrons. The Morgan fingerprint density at radius 2 is 2.12 bits per heavy atom. The van der Waals surface area contributed by atoms with E-state index >= 15 is 0 Å². The number of hydrogen-bond donors (Lipinski definition) is 2. The number of rotatable bonds is 5. The van der Waals surface area contributed by atoms with Crippen molar-refractivity contribution < 1.29 is 9.53 Å². The average Bonchev–Trinajstić information content (AvgIpc) is 2.82. The van der Waals surface area contributed by atoms with Gasteiger partial charge in [0.1, 0.15) is 18.0 Å². The molecule has 0 saturated carbocycles. The molecule has 0 bridgehead atoms. The molecule has 1 aromatic rings. The number of aliphatic imine (C=N–C) groups is 1. The third-order valence-corrected chi connectivity index (χ3v) is 3.85. The number of aryl methyl sites for hydroxylation is 1. The Morgan fingerprint density at radius 3 is 2.65 bits per heavy atom. The molecule has 2 rings (SSSR count). The Morgan fingerprint density at radius 1 is 1.42 bits per heavy atom. The maximum atomic E-state index is 12.0. The van der Waals surface area contributed by atoms with E-state index in [0.717, 1.165) is 11.6 Å². The lowest BCUT2D eigenvalue weighted by Gasteiger charge is -2.40. The first kappa shape index (κ1) is 19.7. The van der Waals surface area contributed by atoms with E-state index in [1.54, 1.807) is 11.0 Å². The van der Waals surface area contributed by atoms with Gasteiger partial charge >= 0.3 is 6.09 Å². The molecule has 9 heteroatoms. The van der Waals surface area contributed by atoms with Gasteiger partial charge in [0.2, 0.25) is 0 Å². The van der Waals surface area contributed by atoms with Gasteiger partial charge in [-0.2, -0.15) is 0 Å². The number of nitrogens with zero attached hydrogens (tertiary/aromatic N) is 5. The standard InChI is InChI=1S/C17H29N7O2/c1-7-8-18-15(19-9-14-22-21-12(2)23(14)6)20-13-10-24(11-13)16(25)26-17(3,4)5/h7,13H,1,8-11H2,2-6H3,(H2,18,19,20). The van der Waals surface area contributed by atoms with Gasteiger partial charge in [-0.1, -0.05) is 6.08 Å². The van der Waals surface area contributed by atoms with Crippen LogP contribution in [0.2, 0.25) is 0 Å². The summed E-state index contributed by atoms with van der Waals surface area (Å²) in [5.41, 5.74) is -0.484. The van der Waals surface area contributed by atoms with Crippen LogP contribution in [0, 0.1) is 6.92 Å². The maximum Gasteiger partial charge on any atom is 0.410 e. The first-order chi connectivity index (χ1) is 12.2. The largest absolute Gasteiger partial charge is 0.444 e. The zero-order valence-corrected chi connectivity index (χ0v) is 16.2. The molecule has 1 amide bonds. The van der Waals surface area contributed by atoms with Gasteiger partial charge in [-0.3, -0.25) is 0 Å². The number of carbonyl (C=O) groups is 1. The highest BCUT2D eigenvalue weighted by Gasteiger charge is 2.34. The molecule has 26 heavy (non-hydrogen) atoms. The quantitative estimate of drug-likeness (QED) is 0.460. The number of nitrogens with one attached hydrogen (secondary N) is 2. The lowest BCUT2D eigenvalue weighted by molar-refractivity contribution is 0.00701. The molecular formula is C17H29N7O2. The fraction of sp³-hybridized carbons (Fsp3) is 0.647. The van der Waals surface area contributed by atoms with Crippen LogP contribution in [0.3, 0.4) is 0 Å². The normalized spacial score (nSPS) is 15.4. The molecular weight excluding hydrogens is 334 g/mol. The highest BCUT2D eigenvalue weighted by atomic mass is 16.6. The van der Waals surface area contributed by atoms with Crippen molar-refractivity contribution in [2.45, 2.75) is 45.9 Å². The van der Waals surface area contributed by atoms with Crippen LogP contribution >= 0.6 is 0 Å². The minimum Gasteiger partial charge on any atom is -0.444 e. The summed E-state index contributed by atoms with van der Waals surface area (Å²) in [6.45, 7) is 13.3. The molecule has 2 N–H and O–H groups in total. The molecule has 1 fully saturated rings. The minimum atomic E-state index is -0.484. The first-order valence-electron chi connectivity index (χ1n) is 8.68. The second kappa shape index (κ2) is 8.20. The number of aromatic nitrogens is 3. The van der Waals surface area contributed by atoms with Crippen LogP contribution in [0.15, 0.2) is 17.6 Å². The van der Waals surface area contributed by atoms with Crippen molar-refractivity contribution in [2.75, 3.05) is 19.6 Å². The molecule has 1 saturated heterocycles. The highest BCUT2D eigenvalue weighted by molar-refractivity contribution is 5.80. The molecule has 0 spiro atoms. The molecule has 2 heterocycles. The lowest BCUT2D eigenvalue weighted by Crippen LogP contribution is -2.63. The number of amides is 1. The molecule has 144 valence electrons. The van der Waals surface area contributed by atoms with Crippen LogP contribution in [0.5, 0.6) is 0 Å². The number of likely N-dealkylation sites (tertiary alicyclic amines) is 1. The van der Waals surface area contributed by atoms with Crippen molar-refractivity contribution in [1.82, 2.24) is 30.3 Å². The summed E-state index contributed by atoms with van der Waals surface area (Å²) in [6.07, 6.45) is 1.47. The van der Waals surface area contributed by atoms with E-state index in [-0.39, 0.29) is 12.1 Å². The number of hydrogen-bond acceptors (Lipinski definition) is 5. The Hall–Kier alpha value is -2.58. The molecule has 9 nitrogen and oxygen atoms in total. The van der Waals surface area contributed by atoms with Crippen LogP contribution in [0.4, 0.5) is 4.79 Å². The average molecular weight is 363 g/mol. The van der Waals surface area contributed by atoms with Crippen molar-refractivity contribution >= 4 is 12.1 Å². The second-order valence-electron chi connectivity index (χ2n) is 7.28. The van der Waals surface area contributed by atoms with Crippen LogP contribution in [-0.2, 0) is 18.3 Å². The van der Waals surface area contributed by atoms with Crippen molar-refractivity contribution in [1.29, 1.82) is 0 Å². The maximum absolute atomic E-state index is 12.0. The van der Waals surface area contributed by atoms with Gasteiger partial charge in [-0.05, 0) is 27.7 Å². The summed E-state index contributed by atoms with van der Waals surface area (Å²) < 4.78 is 7.27. The topological polar surface area (TPSA) is 96.7 Å². The van der Waals surface area contributed by atoms with E-state index in [1.165, 1.54) is 0 Å². The van der Waals surface area contributed by atoms with Crippen molar-refractivity contribution in [3.8, 4) is 0 Å². The molecule has 0 aliphatic carbocycles. The Bertz CT molecular complexity index is 669. The molecule has 1 aromatic heterocycles. The lowest BCUT2D eigenvalue weighted by atomic mass is 10.1. The number of carbonyl (C=O) groups excluding carboxylic acids is 1. The number of ether oxygens (including phenoxy) is 1. The summed E-state index contributed by atoms with van der Waals surface area (Å²) in [5.74, 6) is 2.28. The van der Waals surface area contributed by atoms with Gasteiger partial charge in [0.25, 0.3) is 0 Å². The number of guanidine groups is 1. The van der Waals surface area contributed by atoms with E-state index in [2.05, 4.69) is 32.4 Å². The van der Waals surface area contributed by atoms with Crippen LogP contribution in [-0.4, -0.2) is 63.0 Å². The smallest absolute Gasteiger partial charge is 0.410 e. The van der Waals surface area contributed by atoms with Crippen LogP contribution in [0.25, 0.3) is 0 Å². The monoisotopic (exact) mass is 363 g/mol. The fourth-order valence-corrected chi connectivity index (χ4v) is 2.30. The first-order valence-corrected chi connectivity index (χ1v) is 8.68. The summed E-state index contributed by atoms with van der Waals surface area (Å²) in [4.78, 5) is 18.2. The summed E-state index contributed by atoms with van der Waals surface area (Å²) in [6, 6.07) is 0.125. The summed E-state index contributed by atoms with van der Waals surface area (Å²) >= 11 is 0. The van der Waals surface area contributed by atoms with E-state index in [0.29, 0.717) is 32.1 Å². The minimum absolute atomic E-state index is 0.125. The molecule has 0 aromatic carbocycles. The third kappa shape index (κ3) is 5.47. The van der Waals surface area contributed by atoms with E-state index in [1.807, 2.05) is 39.3 Å². The van der Waals surface area contributed by atoms with E-state index in [4.69, 9.17) is 4.74 Å². The zero-order chi connectivity index (χ0) is 19.3. The van der Waals surface area contributed by atoms with Crippen LogP contribution in [0.1, 0.15) is 32.4 Å². The van der Waals surface area contributed by atoms with E-state index in [9.17, 15) is 4.79 Å². The van der Waals surface area contributed by atoms with Crippen LogP contribution < -0.4 is 10.6 Å². The van der Waals surface area contributed by atoms with Crippen molar-refractivity contribution in [3.63, 3.8) is 0 Å². The van der Waals surface area contributed by atoms with Gasteiger partial charge in [-0.15, -0.1) is 16.8 Å². The van der Waals surface area contributed by atoms with Gasteiger partial charge in [-0.25, -0.2) is 9.79 Å². The predicted octanol–water partition coefficient (Wildman–Crippen LogP) is 0.964. The Labute approximate surface area is 154 Å². The van der Waals surface area contributed by atoms with Gasteiger partial charge in [0.05, 0.1) is 6.04 Å². The summed E-state index contributed by atoms with van der Waals surface area (Å²) in [5, 5.41) is 14.6. The Balaban J connectivity index is 1.89. The SMILES string of the molecule is C=CCNC(=NCc1nnc(C)n1C)NC1CN(C(=O)OC(C)(C)C)C1. The van der Waals surface area contributed by atoms with Gasteiger partial charge < -0.3 is 24.8 Å². The molecule has 0 unspecified atom stereocenters. The molecule has 1 aliphatic heterocycles. The highest BCUT2D eigenvalue weighted by Crippen LogP contribution is 2.15. The third-order valence-electron chi connectivity index (χ3n) is 3.85. The van der Waals surface area contributed by atoms with E-state index < -0.39 is 5.60 Å². The summed E-state index contributed by atoms with van der Waals surface area (Å²) in [7, 11) is 1.91. The van der Waals surface area contributed by atoms with Gasteiger partial charge in [0.15, 0.2) is 11.8 Å².